The van der Waals surface area contributed by atoms with Crippen LogP contribution in [0.4, 0.5) is 11.4 Å². The van der Waals surface area contributed by atoms with Crippen LogP contribution in [-0.2, 0) is 14.3 Å². The van der Waals surface area contributed by atoms with Crippen molar-refractivity contribution in [1.82, 2.24) is 0 Å². The van der Waals surface area contributed by atoms with Crippen LogP contribution in [0.15, 0.2) is 54.6 Å². The number of Topliss-reactive ketones (excluding diaryl/α,β-unsaturated/α-hetero) is 1. The predicted octanol–water partition coefficient (Wildman–Crippen LogP) is 4.02. The summed E-state index contributed by atoms with van der Waals surface area (Å²) in [6.07, 6.45) is 2.98. The molecule has 2 aromatic rings. The first kappa shape index (κ1) is 22.5. The Bertz CT molecular complexity index is 947. The summed E-state index contributed by atoms with van der Waals surface area (Å²) in [5.41, 5.74) is 1.47. The highest BCUT2D eigenvalue weighted by atomic mass is 16.6. The summed E-state index contributed by atoms with van der Waals surface area (Å²) >= 11 is 0. The quantitative estimate of drug-likeness (QED) is 0.219. The van der Waals surface area contributed by atoms with Crippen molar-refractivity contribution in [3.8, 4) is 0 Å². The SMILES string of the molecule is CC(C)CC(=O)Nc1ccc(C(=O)COC(=O)/C=C/c2ccc([N+](=O)[O-])cc2)cc1. The highest BCUT2D eigenvalue weighted by molar-refractivity contribution is 5.99. The van der Waals surface area contributed by atoms with Crippen LogP contribution in [0, 0.1) is 16.0 Å². The smallest absolute Gasteiger partial charge is 0.331 e. The molecule has 2 rings (SSSR count). The highest BCUT2D eigenvalue weighted by Gasteiger charge is 2.10. The largest absolute Gasteiger partial charge is 0.454 e. The van der Waals surface area contributed by atoms with Crippen LogP contribution in [0.25, 0.3) is 6.08 Å². The van der Waals surface area contributed by atoms with Gasteiger partial charge in [-0.3, -0.25) is 19.7 Å². The number of nitrogens with zero attached hydrogens (tertiary/aromatic N) is 1. The molecule has 0 aliphatic carbocycles. The van der Waals surface area contributed by atoms with Gasteiger partial charge in [0.15, 0.2) is 12.4 Å². The molecule has 0 aliphatic rings. The Morgan fingerprint density at radius 2 is 1.70 bits per heavy atom. The molecule has 0 atom stereocenters. The molecule has 8 nitrogen and oxygen atoms in total. The van der Waals surface area contributed by atoms with Gasteiger partial charge in [0, 0.05) is 35.9 Å². The van der Waals surface area contributed by atoms with Gasteiger partial charge in [-0.15, -0.1) is 0 Å². The molecular formula is C22H22N2O6. The fraction of sp³-hybridized carbons (Fsp3) is 0.227. The standard InChI is InChI=1S/C22H22N2O6/c1-15(2)13-21(26)23-18-8-6-17(7-9-18)20(25)14-30-22(27)12-5-16-3-10-19(11-4-16)24(28)29/h3-12,15H,13-14H2,1-2H3,(H,23,26)/b12-5+. The molecule has 0 aromatic heterocycles. The van der Waals surface area contributed by atoms with Gasteiger partial charge >= 0.3 is 5.97 Å². The molecule has 0 saturated heterocycles. The monoisotopic (exact) mass is 410 g/mol. The Morgan fingerprint density at radius 1 is 1.07 bits per heavy atom. The maximum atomic E-state index is 12.2. The molecule has 0 bridgehead atoms. The zero-order valence-corrected chi connectivity index (χ0v) is 16.7. The van der Waals surface area contributed by atoms with Gasteiger partial charge in [0.05, 0.1) is 4.92 Å². The van der Waals surface area contributed by atoms with E-state index in [1.165, 1.54) is 30.3 Å². The first-order valence-corrected chi connectivity index (χ1v) is 9.27. The number of ketones is 1. The number of ether oxygens (including phenoxy) is 1. The molecule has 0 unspecified atom stereocenters. The van der Waals surface area contributed by atoms with Gasteiger partial charge in [-0.05, 0) is 54.0 Å². The van der Waals surface area contributed by atoms with E-state index in [1.54, 1.807) is 24.3 Å². The molecule has 0 heterocycles. The second-order valence-electron chi connectivity index (χ2n) is 6.94. The Morgan fingerprint density at radius 3 is 2.27 bits per heavy atom. The minimum absolute atomic E-state index is 0.0502. The fourth-order valence-corrected chi connectivity index (χ4v) is 2.46. The van der Waals surface area contributed by atoms with Crippen molar-refractivity contribution in [3.63, 3.8) is 0 Å². The van der Waals surface area contributed by atoms with Crippen molar-refractivity contribution in [2.24, 2.45) is 5.92 Å². The van der Waals surface area contributed by atoms with E-state index in [0.717, 1.165) is 6.08 Å². The third-order valence-corrected chi connectivity index (χ3v) is 3.95. The van der Waals surface area contributed by atoms with E-state index < -0.39 is 17.5 Å². The van der Waals surface area contributed by atoms with Crippen molar-refractivity contribution in [1.29, 1.82) is 0 Å². The molecule has 8 heteroatoms. The third kappa shape index (κ3) is 7.31. The topological polar surface area (TPSA) is 116 Å². The molecule has 0 aliphatic heterocycles. The van der Waals surface area contributed by atoms with E-state index in [0.29, 0.717) is 23.2 Å². The number of carbonyl (C=O) groups excluding carboxylic acids is 3. The highest BCUT2D eigenvalue weighted by Crippen LogP contribution is 2.14. The molecule has 0 radical (unpaired) electrons. The van der Waals surface area contributed by atoms with Crippen LogP contribution in [0.5, 0.6) is 0 Å². The molecule has 2 aromatic carbocycles. The summed E-state index contributed by atoms with van der Waals surface area (Å²) in [5.74, 6) is -0.945. The van der Waals surface area contributed by atoms with Crippen LogP contribution in [0.1, 0.15) is 36.2 Å². The van der Waals surface area contributed by atoms with Gasteiger partial charge in [-0.25, -0.2) is 4.79 Å². The molecule has 156 valence electrons. The van der Waals surface area contributed by atoms with Gasteiger partial charge < -0.3 is 10.1 Å². The van der Waals surface area contributed by atoms with Gasteiger partial charge in [-0.1, -0.05) is 13.8 Å². The fourth-order valence-electron chi connectivity index (χ4n) is 2.46. The molecule has 1 N–H and O–H groups in total. The number of anilines is 1. The van der Waals surface area contributed by atoms with Crippen LogP contribution < -0.4 is 5.32 Å². The molecular weight excluding hydrogens is 388 g/mol. The maximum absolute atomic E-state index is 12.2. The number of nitro benzene ring substituents is 1. The molecule has 0 fully saturated rings. The van der Waals surface area contributed by atoms with E-state index in [1.807, 2.05) is 13.8 Å². The Labute approximate surface area is 173 Å². The summed E-state index contributed by atoms with van der Waals surface area (Å²) in [7, 11) is 0. The summed E-state index contributed by atoms with van der Waals surface area (Å²) < 4.78 is 4.93. The first-order valence-electron chi connectivity index (χ1n) is 9.27. The third-order valence-electron chi connectivity index (χ3n) is 3.95. The minimum atomic E-state index is -0.709. The number of non-ortho nitro benzene ring substituents is 1. The zero-order valence-electron chi connectivity index (χ0n) is 16.7. The summed E-state index contributed by atoms with van der Waals surface area (Å²) in [4.78, 5) is 45.8. The number of esters is 1. The van der Waals surface area contributed by atoms with Crippen LogP contribution in [0.2, 0.25) is 0 Å². The Hall–Kier alpha value is -3.81. The normalized spacial score (nSPS) is 10.8. The molecule has 30 heavy (non-hydrogen) atoms. The van der Waals surface area contributed by atoms with Crippen LogP contribution in [-0.4, -0.2) is 29.2 Å². The van der Waals surface area contributed by atoms with Crippen molar-refractivity contribution >= 4 is 35.1 Å². The van der Waals surface area contributed by atoms with Crippen LogP contribution in [0.3, 0.4) is 0 Å². The Balaban J connectivity index is 1.83. The molecule has 0 saturated carbocycles. The number of nitro groups is 1. The summed E-state index contributed by atoms with van der Waals surface area (Å²) in [5, 5.41) is 13.4. The van der Waals surface area contributed by atoms with E-state index in [4.69, 9.17) is 4.74 Å². The summed E-state index contributed by atoms with van der Waals surface area (Å²) in [6, 6.07) is 12.0. The van der Waals surface area contributed by atoms with Crippen molar-refractivity contribution < 1.29 is 24.0 Å². The number of carbonyl (C=O) groups is 3. The predicted molar refractivity (Wildman–Crippen MR) is 112 cm³/mol. The van der Waals surface area contributed by atoms with E-state index >= 15 is 0 Å². The number of hydrogen-bond donors (Lipinski definition) is 1. The van der Waals surface area contributed by atoms with Gasteiger partial charge in [0.25, 0.3) is 5.69 Å². The number of benzene rings is 2. The van der Waals surface area contributed by atoms with E-state index in [-0.39, 0.29) is 23.3 Å². The lowest BCUT2D eigenvalue weighted by atomic mass is 10.1. The van der Waals surface area contributed by atoms with Crippen molar-refractivity contribution in [2.75, 3.05) is 11.9 Å². The van der Waals surface area contributed by atoms with Gasteiger partial charge in [0.1, 0.15) is 0 Å². The van der Waals surface area contributed by atoms with Gasteiger partial charge in [0.2, 0.25) is 5.91 Å². The maximum Gasteiger partial charge on any atom is 0.331 e. The van der Waals surface area contributed by atoms with Gasteiger partial charge in [-0.2, -0.15) is 0 Å². The second kappa shape index (κ2) is 10.7. The average molecular weight is 410 g/mol. The lowest BCUT2D eigenvalue weighted by molar-refractivity contribution is -0.384. The number of rotatable bonds is 9. The lowest BCUT2D eigenvalue weighted by Crippen LogP contribution is -2.14. The second-order valence-corrected chi connectivity index (χ2v) is 6.94. The first-order chi connectivity index (χ1) is 14.2. The van der Waals surface area contributed by atoms with E-state index in [2.05, 4.69) is 5.32 Å². The average Bonchev–Trinajstić information content (AvgIpc) is 2.70. The van der Waals surface area contributed by atoms with Crippen molar-refractivity contribution in [3.05, 3.63) is 75.8 Å². The zero-order chi connectivity index (χ0) is 22.1. The van der Waals surface area contributed by atoms with Crippen LogP contribution >= 0.6 is 0 Å². The lowest BCUT2D eigenvalue weighted by Gasteiger charge is -2.08. The van der Waals surface area contributed by atoms with Crippen molar-refractivity contribution in [2.45, 2.75) is 20.3 Å². The van der Waals surface area contributed by atoms with E-state index in [9.17, 15) is 24.5 Å². The Kier molecular flexibility index (Phi) is 7.99. The summed E-state index contributed by atoms with van der Waals surface area (Å²) in [6.45, 7) is 3.47. The molecule has 0 spiro atoms. The number of amides is 1. The minimum Gasteiger partial charge on any atom is -0.454 e. The number of hydrogen-bond acceptors (Lipinski definition) is 6. The molecule has 1 amide bonds. The number of nitrogens with one attached hydrogen (secondary N) is 1.